The van der Waals surface area contributed by atoms with Gasteiger partial charge in [-0.25, -0.2) is 8.42 Å². The number of carbonyl (C=O) groups excluding carboxylic acids is 2. The third-order valence-electron chi connectivity index (χ3n) is 5.86. The van der Waals surface area contributed by atoms with Crippen molar-refractivity contribution >= 4 is 43.5 Å². The number of anilines is 1. The maximum Gasteiger partial charge on any atom is 0.264 e. The van der Waals surface area contributed by atoms with Crippen LogP contribution >= 0.6 is 15.9 Å². The molecule has 9 heteroatoms. The van der Waals surface area contributed by atoms with Gasteiger partial charge in [0.1, 0.15) is 12.6 Å². The van der Waals surface area contributed by atoms with Gasteiger partial charge < -0.3 is 10.2 Å². The summed E-state index contributed by atoms with van der Waals surface area (Å²) in [6, 6.07) is 23.6. The van der Waals surface area contributed by atoms with Crippen molar-refractivity contribution in [2.45, 2.75) is 50.6 Å². The van der Waals surface area contributed by atoms with Gasteiger partial charge in [-0.3, -0.25) is 13.9 Å². The third kappa shape index (κ3) is 7.91. The van der Waals surface area contributed by atoms with Crippen LogP contribution < -0.4 is 9.62 Å². The van der Waals surface area contributed by atoms with Crippen LogP contribution in [0.5, 0.6) is 0 Å². The Hall–Kier alpha value is -3.17. The van der Waals surface area contributed by atoms with E-state index in [0.29, 0.717) is 16.6 Å². The lowest BCUT2D eigenvalue weighted by atomic mass is 10.1. The summed E-state index contributed by atoms with van der Waals surface area (Å²) in [6.07, 6.45) is 0.516. The van der Waals surface area contributed by atoms with Gasteiger partial charge in [0.25, 0.3) is 10.0 Å². The van der Waals surface area contributed by atoms with Crippen molar-refractivity contribution in [1.82, 2.24) is 10.2 Å². The summed E-state index contributed by atoms with van der Waals surface area (Å²) in [5.41, 5.74) is 0.860. The van der Waals surface area contributed by atoms with Gasteiger partial charge in [-0.05, 0) is 70.0 Å². The molecule has 0 spiro atoms. The molecule has 0 heterocycles. The fraction of sp³-hybridized carbons (Fsp3) is 0.310. The van der Waals surface area contributed by atoms with E-state index in [0.717, 1.165) is 9.87 Å². The van der Waals surface area contributed by atoms with E-state index in [-0.39, 0.29) is 17.3 Å². The first-order valence-electron chi connectivity index (χ1n) is 12.4. The normalized spacial score (nSPS) is 12.4. The summed E-state index contributed by atoms with van der Waals surface area (Å²) < 4.78 is 29.2. The predicted molar refractivity (Wildman–Crippen MR) is 154 cm³/mol. The molecule has 0 aliphatic carbocycles. The van der Waals surface area contributed by atoms with E-state index in [4.69, 9.17) is 0 Å². The molecule has 2 amide bonds. The summed E-state index contributed by atoms with van der Waals surface area (Å²) in [6.45, 7) is 7.06. The second kappa shape index (κ2) is 12.6. The molecule has 0 aliphatic heterocycles. The highest BCUT2D eigenvalue weighted by Gasteiger charge is 2.33. The molecule has 0 fully saturated rings. The van der Waals surface area contributed by atoms with E-state index in [2.05, 4.69) is 21.2 Å². The van der Waals surface area contributed by atoms with Crippen molar-refractivity contribution in [3.8, 4) is 0 Å². The van der Waals surface area contributed by atoms with Crippen LogP contribution in [-0.2, 0) is 26.0 Å². The van der Waals surface area contributed by atoms with Gasteiger partial charge >= 0.3 is 0 Å². The molecular weight excluding hydrogens is 566 g/mol. The van der Waals surface area contributed by atoms with Crippen molar-refractivity contribution < 1.29 is 18.0 Å². The first-order chi connectivity index (χ1) is 17.9. The van der Waals surface area contributed by atoms with Crippen LogP contribution in [-0.4, -0.2) is 49.8 Å². The minimum Gasteiger partial charge on any atom is -0.350 e. The molecule has 38 heavy (non-hydrogen) atoms. The molecule has 0 saturated heterocycles. The minimum absolute atomic E-state index is 0.0714. The van der Waals surface area contributed by atoms with E-state index in [9.17, 15) is 18.0 Å². The smallest absolute Gasteiger partial charge is 0.264 e. The van der Waals surface area contributed by atoms with Crippen molar-refractivity contribution in [3.63, 3.8) is 0 Å². The Morgan fingerprint density at radius 1 is 0.921 bits per heavy atom. The van der Waals surface area contributed by atoms with Crippen LogP contribution in [0, 0.1) is 0 Å². The van der Waals surface area contributed by atoms with Crippen molar-refractivity contribution in [2.75, 3.05) is 17.4 Å². The Bertz CT molecular complexity index is 1340. The Balaban J connectivity index is 1.97. The number of hydrogen-bond acceptors (Lipinski definition) is 4. The second-order valence-corrected chi connectivity index (χ2v) is 12.8. The summed E-state index contributed by atoms with van der Waals surface area (Å²) >= 11 is 3.40. The average Bonchev–Trinajstić information content (AvgIpc) is 2.87. The topological polar surface area (TPSA) is 86.8 Å². The van der Waals surface area contributed by atoms with E-state index < -0.39 is 34.1 Å². The Kier molecular flexibility index (Phi) is 9.73. The van der Waals surface area contributed by atoms with Gasteiger partial charge in [0.05, 0.1) is 10.6 Å². The Morgan fingerprint density at radius 2 is 1.53 bits per heavy atom. The molecule has 0 saturated carbocycles. The van der Waals surface area contributed by atoms with Gasteiger partial charge in [0, 0.05) is 16.6 Å². The second-order valence-electron chi connectivity index (χ2n) is 10.0. The molecule has 0 radical (unpaired) electrons. The number of halogens is 1. The first-order valence-corrected chi connectivity index (χ1v) is 14.6. The summed E-state index contributed by atoms with van der Waals surface area (Å²) in [5.74, 6) is -0.782. The van der Waals surface area contributed by atoms with Crippen LogP contribution in [0.2, 0.25) is 0 Å². The summed E-state index contributed by atoms with van der Waals surface area (Å²) in [5, 5.41) is 2.93. The first kappa shape index (κ1) is 29.4. The predicted octanol–water partition coefficient (Wildman–Crippen LogP) is 5.02. The van der Waals surface area contributed by atoms with Gasteiger partial charge in [-0.15, -0.1) is 0 Å². The van der Waals surface area contributed by atoms with E-state index in [1.54, 1.807) is 49.4 Å². The monoisotopic (exact) mass is 599 g/mol. The molecule has 3 rings (SSSR count). The molecular formula is C29H34BrN3O4S. The fourth-order valence-electron chi connectivity index (χ4n) is 3.92. The molecule has 0 aromatic heterocycles. The van der Waals surface area contributed by atoms with E-state index in [1.165, 1.54) is 17.0 Å². The molecule has 3 aromatic rings. The number of rotatable bonds is 10. The fourth-order valence-corrected chi connectivity index (χ4v) is 5.74. The van der Waals surface area contributed by atoms with Gasteiger partial charge in [-0.1, -0.05) is 70.5 Å². The maximum absolute atomic E-state index is 13.9. The van der Waals surface area contributed by atoms with Gasteiger partial charge in [0.15, 0.2) is 0 Å². The van der Waals surface area contributed by atoms with E-state index in [1.807, 2.05) is 51.1 Å². The van der Waals surface area contributed by atoms with Crippen molar-refractivity contribution in [1.29, 1.82) is 0 Å². The zero-order valence-corrected chi connectivity index (χ0v) is 24.5. The lowest BCUT2D eigenvalue weighted by Gasteiger charge is -2.33. The van der Waals surface area contributed by atoms with Crippen molar-refractivity contribution in [2.24, 2.45) is 0 Å². The van der Waals surface area contributed by atoms with Crippen LogP contribution in [0.3, 0.4) is 0 Å². The van der Waals surface area contributed by atoms with Gasteiger partial charge in [-0.2, -0.15) is 0 Å². The Morgan fingerprint density at radius 3 is 2.11 bits per heavy atom. The minimum atomic E-state index is -4.08. The largest absolute Gasteiger partial charge is 0.350 e. The zero-order valence-electron chi connectivity index (χ0n) is 22.1. The molecule has 1 atom stereocenters. The molecule has 0 bridgehead atoms. The molecule has 1 unspecified atom stereocenters. The van der Waals surface area contributed by atoms with Crippen molar-refractivity contribution in [3.05, 3.63) is 95.0 Å². The molecule has 1 N–H and O–H groups in total. The highest BCUT2D eigenvalue weighted by Crippen LogP contribution is 2.26. The Labute approximate surface area is 234 Å². The van der Waals surface area contributed by atoms with Crippen LogP contribution in [0.1, 0.15) is 33.3 Å². The molecule has 3 aromatic carbocycles. The van der Waals surface area contributed by atoms with Crippen LogP contribution in [0.4, 0.5) is 5.69 Å². The standard InChI is InChI=1S/C29H34BrN3O4S/c1-22(28(35)31-29(2,3)4)32(19-18-23-12-7-5-8-13-23)27(34)21-33(25-15-11-14-24(30)20-25)38(36,37)26-16-9-6-10-17-26/h5-17,20,22H,18-19,21H2,1-4H3,(H,31,35). The third-order valence-corrected chi connectivity index (χ3v) is 8.14. The number of nitrogens with zero attached hydrogens (tertiary/aromatic N) is 2. The summed E-state index contributed by atoms with van der Waals surface area (Å²) in [4.78, 5) is 28.5. The SMILES string of the molecule is CC(C(=O)NC(C)(C)C)N(CCc1ccccc1)C(=O)CN(c1cccc(Br)c1)S(=O)(=O)c1ccccc1. The molecule has 7 nitrogen and oxygen atoms in total. The van der Waals surface area contributed by atoms with Gasteiger partial charge in [0.2, 0.25) is 11.8 Å². The molecule has 202 valence electrons. The highest BCUT2D eigenvalue weighted by atomic mass is 79.9. The lowest BCUT2D eigenvalue weighted by molar-refractivity contribution is -0.139. The lowest BCUT2D eigenvalue weighted by Crippen LogP contribution is -2.55. The number of nitrogens with one attached hydrogen (secondary N) is 1. The number of benzene rings is 3. The molecule has 0 aliphatic rings. The van der Waals surface area contributed by atoms with E-state index >= 15 is 0 Å². The summed E-state index contributed by atoms with van der Waals surface area (Å²) in [7, 11) is -4.08. The van der Waals surface area contributed by atoms with Crippen LogP contribution in [0.15, 0.2) is 94.3 Å². The number of sulfonamides is 1. The number of hydrogen-bond donors (Lipinski definition) is 1. The average molecular weight is 601 g/mol. The number of amides is 2. The van der Waals surface area contributed by atoms with Crippen LogP contribution in [0.25, 0.3) is 0 Å². The zero-order chi connectivity index (χ0) is 27.9. The maximum atomic E-state index is 13.9. The quantitative estimate of drug-likeness (QED) is 0.354. The highest BCUT2D eigenvalue weighted by molar-refractivity contribution is 9.10. The number of carbonyl (C=O) groups is 2.